The molecule has 0 saturated heterocycles. The SMILES string of the molecule is CSc1nccc(-c2cn(C(C)C)nc2C)n1. The van der Waals surface area contributed by atoms with Crippen LogP contribution in [0.15, 0.2) is 23.6 Å². The highest BCUT2D eigenvalue weighted by Gasteiger charge is 2.10. The van der Waals surface area contributed by atoms with Crippen molar-refractivity contribution in [1.82, 2.24) is 19.7 Å². The summed E-state index contributed by atoms with van der Waals surface area (Å²) in [5.74, 6) is 0. The number of nitrogens with zero attached hydrogens (tertiary/aromatic N) is 4. The summed E-state index contributed by atoms with van der Waals surface area (Å²) >= 11 is 1.55. The molecule has 2 heterocycles. The molecular weight excluding hydrogens is 232 g/mol. The highest BCUT2D eigenvalue weighted by atomic mass is 32.2. The molecule has 0 unspecified atom stereocenters. The summed E-state index contributed by atoms with van der Waals surface area (Å²) in [6, 6.07) is 2.29. The minimum Gasteiger partial charge on any atom is -0.269 e. The van der Waals surface area contributed by atoms with Gasteiger partial charge in [0.25, 0.3) is 0 Å². The van der Waals surface area contributed by atoms with Gasteiger partial charge >= 0.3 is 0 Å². The zero-order valence-electron chi connectivity index (χ0n) is 10.5. The smallest absolute Gasteiger partial charge is 0.187 e. The molecule has 0 aliphatic heterocycles. The van der Waals surface area contributed by atoms with Crippen LogP contribution >= 0.6 is 11.8 Å². The van der Waals surface area contributed by atoms with Gasteiger partial charge in [-0.1, -0.05) is 11.8 Å². The van der Waals surface area contributed by atoms with Crippen molar-refractivity contribution >= 4 is 11.8 Å². The molecule has 2 rings (SSSR count). The van der Waals surface area contributed by atoms with Gasteiger partial charge in [0.2, 0.25) is 0 Å². The Morgan fingerprint density at radius 1 is 1.35 bits per heavy atom. The van der Waals surface area contributed by atoms with Gasteiger partial charge in [0, 0.05) is 24.0 Å². The standard InChI is InChI=1S/C12H16N4S/c1-8(2)16-7-10(9(3)15-16)11-5-6-13-12(14-11)17-4/h5-8H,1-4H3. The van der Waals surface area contributed by atoms with Gasteiger partial charge in [-0.2, -0.15) is 5.10 Å². The molecule has 0 amide bonds. The molecule has 0 radical (unpaired) electrons. The predicted octanol–water partition coefficient (Wildman–Crippen LogP) is 2.95. The van der Waals surface area contributed by atoms with E-state index >= 15 is 0 Å². The molecule has 17 heavy (non-hydrogen) atoms. The summed E-state index contributed by atoms with van der Waals surface area (Å²) < 4.78 is 1.96. The van der Waals surface area contributed by atoms with Crippen molar-refractivity contribution in [3.8, 4) is 11.3 Å². The van der Waals surface area contributed by atoms with E-state index < -0.39 is 0 Å². The normalized spacial score (nSPS) is 11.1. The third kappa shape index (κ3) is 2.49. The largest absolute Gasteiger partial charge is 0.269 e. The number of hydrogen-bond acceptors (Lipinski definition) is 4. The summed E-state index contributed by atoms with van der Waals surface area (Å²) in [6.45, 7) is 6.24. The fourth-order valence-electron chi connectivity index (χ4n) is 1.59. The second-order valence-corrected chi connectivity index (χ2v) is 4.90. The average molecular weight is 248 g/mol. The van der Waals surface area contributed by atoms with Gasteiger partial charge in [-0.05, 0) is 33.1 Å². The third-order valence-electron chi connectivity index (χ3n) is 2.54. The van der Waals surface area contributed by atoms with Crippen molar-refractivity contribution in [3.05, 3.63) is 24.2 Å². The van der Waals surface area contributed by atoms with Crippen molar-refractivity contribution in [1.29, 1.82) is 0 Å². The highest BCUT2D eigenvalue weighted by molar-refractivity contribution is 7.98. The minimum absolute atomic E-state index is 0.365. The van der Waals surface area contributed by atoms with E-state index in [4.69, 9.17) is 0 Å². The van der Waals surface area contributed by atoms with Gasteiger partial charge in [0.05, 0.1) is 11.4 Å². The van der Waals surface area contributed by atoms with Crippen LogP contribution in [0.1, 0.15) is 25.6 Å². The van der Waals surface area contributed by atoms with Crippen molar-refractivity contribution in [2.45, 2.75) is 32.0 Å². The van der Waals surface area contributed by atoms with Gasteiger partial charge in [-0.3, -0.25) is 4.68 Å². The van der Waals surface area contributed by atoms with E-state index in [1.807, 2.05) is 30.1 Å². The van der Waals surface area contributed by atoms with E-state index in [-0.39, 0.29) is 0 Å². The van der Waals surface area contributed by atoms with Crippen LogP contribution in [0.25, 0.3) is 11.3 Å². The Bertz CT molecular complexity index is 519. The van der Waals surface area contributed by atoms with E-state index in [9.17, 15) is 0 Å². The molecule has 2 aromatic heterocycles. The molecule has 0 atom stereocenters. The molecule has 0 saturated carbocycles. The first-order valence-electron chi connectivity index (χ1n) is 5.55. The van der Waals surface area contributed by atoms with Crippen molar-refractivity contribution in [2.24, 2.45) is 0 Å². The van der Waals surface area contributed by atoms with Crippen LogP contribution in [0.5, 0.6) is 0 Å². The van der Waals surface area contributed by atoms with E-state index in [0.717, 1.165) is 22.1 Å². The lowest BCUT2D eigenvalue weighted by Crippen LogP contribution is -2.00. The number of aryl methyl sites for hydroxylation is 1. The van der Waals surface area contributed by atoms with Crippen molar-refractivity contribution < 1.29 is 0 Å². The van der Waals surface area contributed by atoms with Gasteiger partial charge in [0.15, 0.2) is 5.16 Å². The van der Waals surface area contributed by atoms with Gasteiger partial charge < -0.3 is 0 Å². The Morgan fingerprint density at radius 3 is 2.71 bits per heavy atom. The van der Waals surface area contributed by atoms with Gasteiger partial charge in [0.1, 0.15) is 0 Å². The molecule has 90 valence electrons. The van der Waals surface area contributed by atoms with E-state index in [1.165, 1.54) is 0 Å². The van der Waals surface area contributed by atoms with Gasteiger partial charge in [-0.25, -0.2) is 9.97 Å². The first-order valence-corrected chi connectivity index (χ1v) is 6.77. The van der Waals surface area contributed by atoms with Gasteiger partial charge in [-0.15, -0.1) is 0 Å². The molecule has 0 aromatic carbocycles. The molecule has 0 bridgehead atoms. The van der Waals surface area contributed by atoms with Crippen LogP contribution in [0.2, 0.25) is 0 Å². The molecule has 4 nitrogen and oxygen atoms in total. The van der Waals surface area contributed by atoms with Crippen LogP contribution in [0.3, 0.4) is 0 Å². The number of aromatic nitrogens is 4. The highest BCUT2D eigenvalue weighted by Crippen LogP contribution is 2.23. The summed E-state index contributed by atoms with van der Waals surface area (Å²) in [5.41, 5.74) is 3.02. The number of thioether (sulfide) groups is 1. The topological polar surface area (TPSA) is 43.6 Å². The molecule has 0 fully saturated rings. The van der Waals surface area contributed by atoms with E-state index in [0.29, 0.717) is 6.04 Å². The zero-order chi connectivity index (χ0) is 12.4. The molecule has 0 aliphatic rings. The zero-order valence-corrected chi connectivity index (χ0v) is 11.3. The monoisotopic (exact) mass is 248 g/mol. The molecule has 2 aromatic rings. The maximum absolute atomic E-state index is 4.49. The average Bonchev–Trinajstić information content (AvgIpc) is 2.72. The van der Waals surface area contributed by atoms with Crippen LogP contribution in [0, 0.1) is 6.92 Å². The Labute approximate surface area is 105 Å². The van der Waals surface area contributed by atoms with E-state index in [1.54, 1.807) is 18.0 Å². The fourth-order valence-corrected chi connectivity index (χ4v) is 1.94. The third-order valence-corrected chi connectivity index (χ3v) is 3.10. The summed E-state index contributed by atoms with van der Waals surface area (Å²) in [5, 5.41) is 5.28. The first kappa shape index (κ1) is 12.1. The lowest BCUT2D eigenvalue weighted by molar-refractivity contribution is 0.529. The summed E-state index contributed by atoms with van der Waals surface area (Å²) in [7, 11) is 0. The van der Waals surface area contributed by atoms with Crippen molar-refractivity contribution in [3.63, 3.8) is 0 Å². The lowest BCUT2D eigenvalue weighted by Gasteiger charge is -2.03. The van der Waals surface area contributed by atoms with Crippen LogP contribution in [-0.4, -0.2) is 26.0 Å². The Balaban J connectivity index is 2.45. The number of rotatable bonds is 3. The molecule has 5 heteroatoms. The molecular formula is C12H16N4S. The summed E-state index contributed by atoms with van der Waals surface area (Å²) in [6.07, 6.45) is 5.82. The van der Waals surface area contributed by atoms with E-state index in [2.05, 4.69) is 28.9 Å². The Morgan fingerprint density at radius 2 is 2.12 bits per heavy atom. The lowest BCUT2D eigenvalue weighted by atomic mass is 10.2. The Kier molecular flexibility index (Phi) is 3.47. The van der Waals surface area contributed by atoms with Crippen molar-refractivity contribution in [2.75, 3.05) is 6.26 Å². The maximum atomic E-state index is 4.49. The second-order valence-electron chi connectivity index (χ2n) is 4.13. The van der Waals surface area contributed by atoms with Crippen LogP contribution < -0.4 is 0 Å². The molecule has 0 aliphatic carbocycles. The minimum atomic E-state index is 0.365. The fraction of sp³-hybridized carbons (Fsp3) is 0.417. The summed E-state index contributed by atoms with van der Waals surface area (Å²) in [4.78, 5) is 8.67. The molecule has 0 spiro atoms. The number of hydrogen-bond donors (Lipinski definition) is 0. The van der Waals surface area contributed by atoms with Crippen LogP contribution in [0.4, 0.5) is 0 Å². The first-order chi connectivity index (χ1) is 8.11. The maximum Gasteiger partial charge on any atom is 0.187 e. The second kappa shape index (κ2) is 4.87. The quantitative estimate of drug-likeness (QED) is 0.618. The Hall–Kier alpha value is -1.36. The predicted molar refractivity (Wildman–Crippen MR) is 70.2 cm³/mol. The molecule has 0 N–H and O–H groups in total. The van der Waals surface area contributed by atoms with Crippen LogP contribution in [-0.2, 0) is 0 Å².